The van der Waals surface area contributed by atoms with Crippen molar-refractivity contribution in [1.29, 1.82) is 0 Å². The molecule has 7 heteroatoms. The van der Waals surface area contributed by atoms with Crippen LogP contribution >= 0.6 is 11.8 Å². The van der Waals surface area contributed by atoms with Crippen LogP contribution in [0.4, 0.5) is 4.39 Å². The molecule has 4 rings (SSSR count). The summed E-state index contributed by atoms with van der Waals surface area (Å²) in [5.41, 5.74) is 1.48. The average Bonchev–Trinajstić information content (AvgIpc) is 3.39. The van der Waals surface area contributed by atoms with Crippen LogP contribution < -0.4 is 10.1 Å². The highest BCUT2D eigenvalue weighted by Crippen LogP contribution is 2.24. The maximum atomic E-state index is 13.0. The van der Waals surface area contributed by atoms with Crippen LogP contribution in [0.15, 0.2) is 77.7 Å². The number of carbonyl (C=O) groups excluding carboxylic acids is 2. The van der Waals surface area contributed by atoms with Crippen LogP contribution in [0.2, 0.25) is 0 Å². The third-order valence-electron chi connectivity index (χ3n) is 5.37. The Hall–Kier alpha value is -3.32. The monoisotopic (exact) mass is 464 g/mol. The third-order valence-corrected chi connectivity index (χ3v) is 6.43. The van der Waals surface area contributed by atoms with E-state index in [0.717, 1.165) is 36.4 Å². The van der Waals surface area contributed by atoms with Crippen LogP contribution in [0.25, 0.3) is 0 Å². The Kier molecular flexibility index (Phi) is 7.62. The number of carbonyl (C=O) groups is 2. The molecule has 0 bridgehead atoms. The van der Waals surface area contributed by atoms with Crippen molar-refractivity contribution in [3.8, 4) is 11.5 Å². The molecule has 3 aromatic carbocycles. The highest BCUT2D eigenvalue weighted by molar-refractivity contribution is 8.00. The van der Waals surface area contributed by atoms with Crippen molar-refractivity contribution < 1.29 is 18.7 Å². The van der Waals surface area contributed by atoms with E-state index in [9.17, 15) is 14.0 Å². The number of thioether (sulfide) groups is 1. The highest BCUT2D eigenvalue weighted by atomic mass is 32.2. The summed E-state index contributed by atoms with van der Waals surface area (Å²) in [5.74, 6) is 1.14. The molecular formula is C26H25FN2O3S. The summed E-state index contributed by atoms with van der Waals surface area (Å²) >= 11 is 1.40. The van der Waals surface area contributed by atoms with E-state index >= 15 is 0 Å². The van der Waals surface area contributed by atoms with E-state index in [4.69, 9.17) is 4.74 Å². The smallest absolute Gasteiger partial charge is 0.252 e. The van der Waals surface area contributed by atoms with Gasteiger partial charge in [0, 0.05) is 24.5 Å². The third kappa shape index (κ3) is 6.35. The summed E-state index contributed by atoms with van der Waals surface area (Å²) in [4.78, 5) is 27.8. The van der Waals surface area contributed by atoms with Crippen LogP contribution in [0.5, 0.6) is 11.5 Å². The van der Waals surface area contributed by atoms with Crippen LogP contribution in [0, 0.1) is 5.82 Å². The molecule has 1 aliphatic rings. The predicted octanol–water partition coefficient (Wildman–Crippen LogP) is 5.26. The first-order chi connectivity index (χ1) is 16.1. The molecule has 0 spiro atoms. The lowest BCUT2D eigenvalue weighted by atomic mass is 10.2. The van der Waals surface area contributed by atoms with Crippen LogP contribution in [-0.2, 0) is 11.3 Å². The van der Waals surface area contributed by atoms with Gasteiger partial charge in [-0.3, -0.25) is 9.59 Å². The summed E-state index contributed by atoms with van der Waals surface area (Å²) in [6, 6.07) is 20.5. The normalized spacial score (nSPS) is 13.1. The number of nitrogens with one attached hydrogen (secondary N) is 1. The average molecular weight is 465 g/mol. The molecule has 3 aromatic rings. The number of benzene rings is 3. The molecular weight excluding hydrogens is 439 g/mol. The second kappa shape index (κ2) is 11.0. The molecule has 0 saturated carbocycles. The minimum atomic E-state index is -0.313. The predicted molar refractivity (Wildman–Crippen MR) is 127 cm³/mol. The molecule has 0 aliphatic carbocycles. The Morgan fingerprint density at radius 2 is 1.55 bits per heavy atom. The zero-order valence-corrected chi connectivity index (χ0v) is 18.9. The summed E-state index contributed by atoms with van der Waals surface area (Å²) < 4.78 is 18.7. The first kappa shape index (κ1) is 22.9. The Morgan fingerprint density at radius 3 is 2.24 bits per heavy atom. The van der Waals surface area contributed by atoms with E-state index in [0.29, 0.717) is 29.4 Å². The number of rotatable bonds is 8. The van der Waals surface area contributed by atoms with Gasteiger partial charge in [-0.2, -0.15) is 0 Å². The Labute approximate surface area is 196 Å². The first-order valence-electron chi connectivity index (χ1n) is 10.9. The second-order valence-corrected chi connectivity index (χ2v) is 8.77. The van der Waals surface area contributed by atoms with E-state index in [1.54, 1.807) is 30.3 Å². The van der Waals surface area contributed by atoms with Gasteiger partial charge in [0.25, 0.3) is 5.91 Å². The van der Waals surface area contributed by atoms with Crippen molar-refractivity contribution in [1.82, 2.24) is 10.2 Å². The van der Waals surface area contributed by atoms with Crippen molar-refractivity contribution in [2.75, 3.05) is 18.8 Å². The number of halogens is 1. The molecule has 0 atom stereocenters. The number of nitrogens with zero attached hydrogens (tertiary/aromatic N) is 1. The lowest BCUT2D eigenvalue weighted by Crippen LogP contribution is -2.29. The summed E-state index contributed by atoms with van der Waals surface area (Å²) in [7, 11) is 0. The number of hydrogen-bond acceptors (Lipinski definition) is 4. The van der Waals surface area contributed by atoms with E-state index in [-0.39, 0.29) is 17.6 Å². The van der Waals surface area contributed by atoms with Crippen molar-refractivity contribution in [2.45, 2.75) is 24.3 Å². The molecule has 1 heterocycles. The lowest BCUT2D eigenvalue weighted by molar-refractivity contribution is -0.127. The van der Waals surface area contributed by atoms with Gasteiger partial charge in [0.05, 0.1) is 11.3 Å². The summed E-state index contributed by atoms with van der Waals surface area (Å²) in [5, 5.41) is 2.94. The molecule has 0 radical (unpaired) electrons. The molecule has 2 amide bonds. The number of hydrogen-bond donors (Lipinski definition) is 1. The SMILES string of the molecule is O=C(NCc1ccc(Oc2ccc(F)cc2)cc1)c1ccccc1SCC(=O)N1CCCC1. The topological polar surface area (TPSA) is 58.6 Å². The zero-order chi connectivity index (χ0) is 23.0. The first-order valence-corrected chi connectivity index (χ1v) is 11.9. The Morgan fingerprint density at radius 1 is 0.909 bits per heavy atom. The summed E-state index contributed by atoms with van der Waals surface area (Å²) in [6.07, 6.45) is 2.13. The molecule has 1 N–H and O–H groups in total. The van der Waals surface area contributed by atoms with Crippen molar-refractivity contribution in [3.63, 3.8) is 0 Å². The van der Waals surface area contributed by atoms with Gasteiger partial charge in [-0.05, 0) is 66.9 Å². The fourth-order valence-corrected chi connectivity index (χ4v) is 4.52. The van der Waals surface area contributed by atoms with Crippen LogP contribution in [0.1, 0.15) is 28.8 Å². The van der Waals surface area contributed by atoms with E-state index in [1.165, 1.54) is 23.9 Å². The minimum absolute atomic E-state index is 0.121. The lowest BCUT2D eigenvalue weighted by Gasteiger charge is -2.15. The quantitative estimate of drug-likeness (QED) is 0.462. The Bertz CT molecular complexity index is 1100. The fourth-order valence-electron chi connectivity index (χ4n) is 3.57. The van der Waals surface area contributed by atoms with E-state index < -0.39 is 0 Å². The number of likely N-dealkylation sites (tertiary alicyclic amines) is 1. The Balaban J connectivity index is 1.31. The second-order valence-electron chi connectivity index (χ2n) is 7.76. The molecule has 1 aliphatic heterocycles. The van der Waals surface area contributed by atoms with Gasteiger partial charge in [-0.1, -0.05) is 24.3 Å². The molecule has 5 nitrogen and oxygen atoms in total. The van der Waals surface area contributed by atoms with Crippen LogP contribution in [-0.4, -0.2) is 35.6 Å². The van der Waals surface area contributed by atoms with E-state index in [1.807, 2.05) is 35.2 Å². The standard InChI is InChI=1S/C26H25FN2O3S/c27-20-9-13-22(14-10-20)32-21-11-7-19(8-12-21)17-28-26(31)23-5-1-2-6-24(23)33-18-25(30)29-15-3-4-16-29/h1-2,5-14H,3-4,15-18H2,(H,28,31). The van der Waals surface area contributed by atoms with Crippen molar-refractivity contribution >= 4 is 23.6 Å². The van der Waals surface area contributed by atoms with Gasteiger partial charge in [0.2, 0.25) is 5.91 Å². The van der Waals surface area contributed by atoms with Gasteiger partial charge < -0.3 is 15.0 Å². The van der Waals surface area contributed by atoms with Gasteiger partial charge in [-0.25, -0.2) is 4.39 Å². The van der Waals surface area contributed by atoms with Gasteiger partial charge >= 0.3 is 0 Å². The summed E-state index contributed by atoms with van der Waals surface area (Å²) in [6.45, 7) is 2.02. The van der Waals surface area contributed by atoms with Gasteiger partial charge in [-0.15, -0.1) is 11.8 Å². The van der Waals surface area contributed by atoms with Gasteiger partial charge in [0.15, 0.2) is 0 Å². The molecule has 0 unspecified atom stereocenters. The van der Waals surface area contributed by atoms with E-state index in [2.05, 4.69) is 5.32 Å². The van der Waals surface area contributed by atoms with Crippen molar-refractivity contribution in [3.05, 3.63) is 89.7 Å². The fraction of sp³-hybridized carbons (Fsp3) is 0.231. The van der Waals surface area contributed by atoms with Gasteiger partial charge in [0.1, 0.15) is 17.3 Å². The molecule has 0 aromatic heterocycles. The number of ether oxygens (including phenoxy) is 1. The van der Waals surface area contributed by atoms with Crippen molar-refractivity contribution in [2.24, 2.45) is 0 Å². The molecule has 170 valence electrons. The zero-order valence-electron chi connectivity index (χ0n) is 18.1. The highest BCUT2D eigenvalue weighted by Gasteiger charge is 2.19. The molecule has 1 saturated heterocycles. The largest absolute Gasteiger partial charge is 0.457 e. The maximum absolute atomic E-state index is 13.0. The van der Waals surface area contributed by atoms with Crippen LogP contribution in [0.3, 0.4) is 0 Å². The molecule has 1 fully saturated rings. The minimum Gasteiger partial charge on any atom is -0.457 e. The maximum Gasteiger partial charge on any atom is 0.252 e. The molecule has 33 heavy (non-hydrogen) atoms. The number of amides is 2.